The third-order valence-corrected chi connectivity index (χ3v) is 3.12. The highest BCUT2D eigenvalue weighted by Crippen LogP contribution is 2.21. The number of hydrogen-bond acceptors (Lipinski definition) is 10. The van der Waals surface area contributed by atoms with Crippen molar-refractivity contribution in [3.8, 4) is 0 Å². The lowest BCUT2D eigenvalue weighted by molar-refractivity contribution is -0.198. The molecule has 0 heterocycles. The van der Waals surface area contributed by atoms with Crippen LogP contribution in [0.1, 0.15) is 6.92 Å². The van der Waals surface area contributed by atoms with Crippen LogP contribution in [0.4, 0.5) is 0 Å². The van der Waals surface area contributed by atoms with Crippen LogP contribution in [0.15, 0.2) is 0 Å². The molecule has 0 rings (SSSR count). The second kappa shape index (κ2) is 7.74. The average molecular weight is 342 g/mol. The van der Waals surface area contributed by atoms with E-state index in [0.717, 1.165) is 6.92 Å². The van der Waals surface area contributed by atoms with E-state index in [1.54, 1.807) is 0 Å². The minimum Gasteiger partial charge on any atom is -0.479 e. The number of Topliss-reactive ketones (excluding diaryl/α,β-unsaturated/α-hetero) is 1. The van der Waals surface area contributed by atoms with Crippen molar-refractivity contribution in [2.24, 2.45) is 0 Å². The standard InChI is InChI=1S/C11H18O12/c1-2(12)3(13)4(14)5(15)7(17)11(23,10(21)22)8(18)6(16)9(19)20/h2-6,8,12-16,18,23H,1H3,(H,19,20)(H,21,22)/t2-,3-,4+,5-,6+,8-,11+/m1/s1. The van der Waals surface area contributed by atoms with Gasteiger partial charge in [0.1, 0.15) is 24.4 Å². The molecule has 12 heteroatoms. The maximum Gasteiger partial charge on any atom is 0.346 e. The first kappa shape index (κ1) is 21.3. The number of aliphatic carboxylic acids is 2. The van der Waals surface area contributed by atoms with Gasteiger partial charge in [-0.2, -0.15) is 0 Å². The zero-order valence-corrected chi connectivity index (χ0v) is 11.7. The maximum absolute atomic E-state index is 11.8. The van der Waals surface area contributed by atoms with Crippen LogP contribution < -0.4 is 0 Å². The van der Waals surface area contributed by atoms with Gasteiger partial charge in [-0.05, 0) is 6.92 Å². The Bertz CT molecular complexity index is 462. The van der Waals surface area contributed by atoms with Crippen LogP contribution >= 0.6 is 0 Å². The second-order valence-electron chi connectivity index (χ2n) is 4.83. The third-order valence-electron chi connectivity index (χ3n) is 3.12. The molecule has 0 aromatic heterocycles. The van der Waals surface area contributed by atoms with E-state index < -0.39 is 59.9 Å². The number of carbonyl (C=O) groups is 3. The molecule has 0 saturated heterocycles. The lowest BCUT2D eigenvalue weighted by Gasteiger charge is -2.32. The average Bonchev–Trinajstić information content (AvgIpc) is 2.48. The molecule has 0 bridgehead atoms. The fourth-order valence-corrected chi connectivity index (χ4v) is 1.59. The highest BCUT2D eigenvalue weighted by Gasteiger charge is 2.58. The molecule has 0 saturated carbocycles. The van der Waals surface area contributed by atoms with Crippen molar-refractivity contribution < 1.29 is 60.3 Å². The Labute approximate surface area is 128 Å². The van der Waals surface area contributed by atoms with Crippen LogP contribution in [0.25, 0.3) is 0 Å². The van der Waals surface area contributed by atoms with Gasteiger partial charge in [-0.1, -0.05) is 0 Å². The van der Waals surface area contributed by atoms with Crippen molar-refractivity contribution in [2.45, 2.75) is 49.1 Å². The molecule has 0 aliphatic carbocycles. The molecule has 0 fully saturated rings. The van der Waals surface area contributed by atoms with E-state index >= 15 is 0 Å². The molecule has 0 amide bonds. The molecule has 134 valence electrons. The molecule has 23 heavy (non-hydrogen) atoms. The molecule has 12 nitrogen and oxygen atoms in total. The van der Waals surface area contributed by atoms with Crippen LogP contribution in [0, 0.1) is 0 Å². The number of rotatable bonds is 9. The van der Waals surface area contributed by atoms with E-state index in [0.29, 0.717) is 0 Å². The summed E-state index contributed by atoms with van der Waals surface area (Å²) >= 11 is 0. The number of carboxylic acid groups (broad SMARTS) is 2. The van der Waals surface area contributed by atoms with Gasteiger partial charge in [0.15, 0.2) is 6.10 Å². The van der Waals surface area contributed by atoms with Gasteiger partial charge in [0.25, 0.3) is 5.60 Å². The highest BCUT2D eigenvalue weighted by atomic mass is 16.5. The third kappa shape index (κ3) is 4.20. The van der Waals surface area contributed by atoms with Gasteiger partial charge in [0.05, 0.1) is 6.10 Å². The van der Waals surface area contributed by atoms with Gasteiger partial charge in [-0.3, -0.25) is 4.79 Å². The van der Waals surface area contributed by atoms with Crippen molar-refractivity contribution >= 4 is 17.7 Å². The van der Waals surface area contributed by atoms with Gasteiger partial charge in [0, 0.05) is 0 Å². The van der Waals surface area contributed by atoms with E-state index in [-0.39, 0.29) is 0 Å². The molecular formula is C11H18O12. The molecule has 9 N–H and O–H groups in total. The van der Waals surface area contributed by atoms with Gasteiger partial charge >= 0.3 is 11.9 Å². The minimum absolute atomic E-state index is 0.956. The van der Waals surface area contributed by atoms with Crippen LogP contribution in [-0.4, -0.2) is 106 Å². The molecule has 7 atom stereocenters. The van der Waals surface area contributed by atoms with Gasteiger partial charge in [-0.15, -0.1) is 0 Å². The monoisotopic (exact) mass is 342 g/mol. The lowest BCUT2D eigenvalue weighted by atomic mass is 9.83. The molecule has 0 aliphatic heterocycles. The number of carboxylic acids is 2. The Hall–Kier alpha value is -1.67. The Kier molecular flexibility index (Phi) is 7.18. The summed E-state index contributed by atoms with van der Waals surface area (Å²) in [7, 11) is 0. The first-order chi connectivity index (χ1) is 10.3. The van der Waals surface area contributed by atoms with Crippen molar-refractivity contribution in [3.05, 3.63) is 0 Å². The fraction of sp³-hybridized carbons (Fsp3) is 0.727. The Morgan fingerprint density at radius 3 is 1.57 bits per heavy atom. The molecule has 0 aromatic rings. The van der Waals surface area contributed by atoms with Crippen molar-refractivity contribution in [3.63, 3.8) is 0 Å². The van der Waals surface area contributed by atoms with E-state index in [1.807, 2.05) is 0 Å². The van der Waals surface area contributed by atoms with Gasteiger partial charge < -0.3 is 46.0 Å². The number of hydrogen-bond donors (Lipinski definition) is 9. The molecule has 0 radical (unpaired) electrons. The SMILES string of the molecule is C[C@@H](O)[C@@H](O)[C@H](O)[C@@H](O)C(=O)[C@@](O)(C(=O)O)[C@H](O)[C@H](O)C(=O)O. The summed E-state index contributed by atoms with van der Waals surface area (Å²) in [6.45, 7) is 0.956. The normalized spacial score (nSPS) is 22.1. The smallest absolute Gasteiger partial charge is 0.346 e. The molecule has 0 aromatic carbocycles. The Morgan fingerprint density at radius 1 is 0.826 bits per heavy atom. The van der Waals surface area contributed by atoms with E-state index in [9.17, 15) is 39.9 Å². The predicted molar refractivity (Wildman–Crippen MR) is 66.9 cm³/mol. The van der Waals surface area contributed by atoms with E-state index in [1.165, 1.54) is 0 Å². The van der Waals surface area contributed by atoms with Crippen LogP contribution in [0.2, 0.25) is 0 Å². The predicted octanol–water partition coefficient (Wildman–Crippen LogP) is -5.36. The zero-order chi connectivity index (χ0) is 18.7. The topological polar surface area (TPSA) is 233 Å². The summed E-state index contributed by atoms with van der Waals surface area (Å²) in [5.41, 5.74) is -4.00. The van der Waals surface area contributed by atoms with Gasteiger partial charge in [0.2, 0.25) is 5.78 Å². The number of aliphatic hydroxyl groups excluding tert-OH is 6. The Balaban J connectivity index is 5.66. The van der Waals surface area contributed by atoms with E-state index in [4.69, 9.17) is 20.4 Å². The summed E-state index contributed by atoms with van der Waals surface area (Å²) in [6, 6.07) is 0. The second-order valence-corrected chi connectivity index (χ2v) is 4.83. The van der Waals surface area contributed by atoms with Crippen molar-refractivity contribution in [2.75, 3.05) is 0 Å². The number of aliphatic hydroxyl groups is 7. The van der Waals surface area contributed by atoms with E-state index in [2.05, 4.69) is 0 Å². The highest BCUT2D eigenvalue weighted by molar-refractivity contribution is 6.09. The summed E-state index contributed by atoms with van der Waals surface area (Å²) in [4.78, 5) is 33.4. The molecular weight excluding hydrogens is 324 g/mol. The quantitative estimate of drug-likeness (QED) is 0.179. The molecule has 0 aliphatic rings. The Morgan fingerprint density at radius 2 is 1.26 bits per heavy atom. The maximum atomic E-state index is 11.8. The first-order valence-corrected chi connectivity index (χ1v) is 6.11. The van der Waals surface area contributed by atoms with Gasteiger partial charge in [-0.25, -0.2) is 9.59 Å². The van der Waals surface area contributed by atoms with Crippen LogP contribution in [-0.2, 0) is 14.4 Å². The summed E-state index contributed by atoms with van der Waals surface area (Å²) in [5.74, 6) is -6.90. The summed E-state index contributed by atoms with van der Waals surface area (Å²) in [6.07, 6.45) is -15.1. The van der Waals surface area contributed by atoms with Crippen molar-refractivity contribution in [1.29, 1.82) is 0 Å². The first-order valence-electron chi connectivity index (χ1n) is 6.11. The largest absolute Gasteiger partial charge is 0.479 e. The summed E-state index contributed by atoms with van der Waals surface area (Å²) < 4.78 is 0. The number of carbonyl (C=O) groups excluding carboxylic acids is 1. The molecule has 0 unspecified atom stereocenters. The molecule has 0 spiro atoms. The van der Waals surface area contributed by atoms with Crippen LogP contribution in [0.5, 0.6) is 0 Å². The van der Waals surface area contributed by atoms with Crippen molar-refractivity contribution in [1.82, 2.24) is 0 Å². The fourth-order valence-electron chi connectivity index (χ4n) is 1.59. The lowest BCUT2D eigenvalue weighted by Crippen LogP contribution is -2.66. The minimum atomic E-state index is -4.00. The zero-order valence-electron chi connectivity index (χ0n) is 11.7. The summed E-state index contributed by atoms with van der Waals surface area (Å²) in [5, 5.41) is 82.9. The van der Waals surface area contributed by atoms with Crippen LogP contribution in [0.3, 0.4) is 0 Å². The number of ketones is 1.